The van der Waals surface area contributed by atoms with Crippen LogP contribution in [0, 0.1) is 5.92 Å². The number of aliphatic hydroxyl groups is 1. The summed E-state index contributed by atoms with van der Waals surface area (Å²) in [6, 6.07) is 9.59. The lowest BCUT2D eigenvalue weighted by molar-refractivity contribution is 0.0760. The molecule has 1 aromatic rings. The van der Waals surface area contributed by atoms with E-state index in [-0.39, 0.29) is 12.7 Å². The second kappa shape index (κ2) is 8.67. The van der Waals surface area contributed by atoms with Crippen molar-refractivity contribution in [1.29, 1.82) is 0 Å². The SMILES string of the molecule is O=C(NCCC(O)C1CCCCC1)OCc1ccccc1. The average Bonchev–Trinajstić information content (AvgIpc) is 2.54. The van der Waals surface area contributed by atoms with E-state index in [0.29, 0.717) is 18.9 Å². The van der Waals surface area contributed by atoms with Crippen LogP contribution in [0.25, 0.3) is 0 Å². The summed E-state index contributed by atoms with van der Waals surface area (Å²) in [5.41, 5.74) is 0.967. The van der Waals surface area contributed by atoms with Gasteiger partial charge in [-0.1, -0.05) is 49.6 Å². The molecule has 0 heterocycles. The van der Waals surface area contributed by atoms with Crippen LogP contribution in [0.3, 0.4) is 0 Å². The number of aliphatic hydroxyl groups excluding tert-OH is 1. The lowest BCUT2D eigenvalue weighted by Gasteiger charge is -2.26. The molecule has 0 spiro atoms. The van der Waals surface area contributed by atoms with Crippen LogP contribution >= 0.6 is 0 Å². The molecule has 2 rings (SSSR count). The number of carbonyl (C=O) groups is 1. The van der Waals surface area contributed by atoms with Crippen LogP contribution < -0.4 is 5.32 Å². The first-order valence-electron chi connectivity index (χ1n) is 7.88. The maximum absolute atomic E-state index is 11.6. The van der Waals surface area contributed by atoms with Gasteiger partial charge in [-0.15, -0.1) is 0 Å². The topological polar surface area (TPSA) is 58.6 Å². The van der Waals surface area contributed by atoms with Crippen LogP contribution in [0.2, 0.25) is 0 Å². The van der Waals surface area contributed by atoms with Crippen molar-refractivity contribution >= 4 is 6.09 Å². The summed E-state index contributed by atoms with van der Waals surface area (Å²) in [7, 11) is 0. The molecule has 1 saturated carbocycles. The van der Waals surface area contributed by atoms with Crippen molar-refractivity contribution in [2.75, 3.05) is 6.54 Å². The Kier molecular flexibility index (Phi) is 6.54. The molecule has 1 atom stereocenters. The summed E-state index contributed by atoms with van der Waals surface area (Å²) >= 11 is 0. The molecule has 1 fully saturated rings. The van der Waals surface area contributed by atoms with Crippen molar-refractivity contribution < 1.29 is 14.6 Å². The van der Waals surface area contributed by atoms with Crippen molar-refractivity contribution in [3.63, 3.8) is 0 Å². The van der Waals surface area contributed by atoms with Gasteiger partial charge in [0.05, 0.1) is 6.10 Å². The van der Waals surface area contributed by atoms with Crippen molar-refractivity contribution in [1.82, 2.24) is 5.32 Å². The highest BCUT2D eigenvalue weighted by molar-refractivity contribution is 5.67. The van der Waals surface area contributed by atoms with Crippen LogP contribution in [-0.4, -0.2) is 23.8 Å². The molecule has 1 unspecified atom stereocenters. The normalized spacial score (nSPS) is 17.2. The Bertz CT molecular complexity index is 415. The van der Waals surface area contributed by atoms with E-state index in [1.54, 1.807) is 0 Å². The number of alkyl carbamates (subject to hydrolysis) is 1. The zero-order valence-corrected chi connectivity index (χ0v) is 12.5. The molecule has 4 heteroatoms. The number of carbonyl (C=O) groups excluding carboxylic acids is 1. The highest BCUT2D eigenvalue weighted by atomic mass is 16.5. The number of benzene rings is 1. The molecule has 1 aliphatic rings. The smallest absolute Gasteiger partial charge is 0.407 e. The fraction of sp³-hybridized carbons (Fsp3) is 0.588. The monoisotopic (exact) mass is 291 g/mol. The van der Waals surface area contributed by atoms with Crippen LogP contribution in [0.4, 0.5) is 4.79 Å². The summed E-state index contributed by atoms with van der Waals surface area (Å²) in [4.78, 5) is 11.6. The van der Waals surface area contributed by atoms with Gasteiger partial charge in [0.2, 0.25) is 0 Å². The molecule has 4 nitrogen and oxygen atoms in total. The maximum atomic E-state index is 11.6. The molecule has 0 aliphatic heterocycles. The standard InChI is InChI=1S/C17H25NO3/c19-16(15-9-5-2-6-10-15)11-12-18-17(20)21-13-14-7-3-1-4-8-14/h1,3-4,7-8,15-16,19H,2,5-6,9-13H2,(H,18,20). The number of amides is 1. The van der Waals surface area contributed by atoms with E-state index in [0.717, 1.165) is 18.4 Å². The fourth-order valence-corrected chi connectivity index (χ4v) is 2.85. The zero-order valence-electron chi connectivity index (χ0n) is 12.5. The summed E-state index contributed by atoms with van der Waals surface area (Å²) in [6.07, 6.45) is 5.81. The molecule has 1 aromatic carbocycles. The summed E-state index contributed by atoms with van der Waals surface area (Å²) in [5.74, 6) is 0.404. The Morgan fingerprint density at radius 2 is 1.95 bits per heavy atom. The van der Waals surface area contributed by atoms with Gasteiger partial charge in [0.25, 0.3) is 0 Å². The van der Waals surface area contributed by atoms with Crippen molar-refractivity contribution in [3.8, 4) is 0 Å². The van der Waals surface area contributed by atoms with Crippen LogP contribution in [-0.2, 0) is 11.3 Å². The highest BCUT2D eigenvalue weighted by Gasteiger charge is 2.21. The maximum Gasteiger partial charge on any atom is 0.407 e. The van der Waals surface area contributed by atoms with Gasteiger partial charge < -0.3 is 15.2 Å². The summed E-state index contributed by atoms with van der Waals surface area (Å²) in [5, 5.41) is 12.8. The molecular formula is C17H25NO3. The molecular weight excluding hydrogens is 266 g/mol. The number of rotatable bonds is 6. The average molecular weight is 291 g/mol. The Morgan fingerprint density at radius 3 is 2.67 bits per heavy atom. The van der Waals surface area contributed by atoms with Gasteiger partial charge >= 0.3 is 6.09 Å². The van der Waals surface area contributed by atoms with E-state index in [1.807, 2.05) is 30.3 Å². The molecule has 0 saturated heterocycles. The van der Waals surface area contributed by atoms with E-state index in [1.165, 1.54) is 19.3 Å². The lowest BCUT2D eigenvalue weighted by Crippen LogP contribution is -2.31. The van der Waals surface area contributed by atoms with Gasteiger partial charge in [0.15, 0.2) is 0 Å². The van der Waals surface area contributed by atoms with E-state index >= 15 is 0 Å². The summed E-state index contributed by atoms with van der Waals surface area (Å²) < 4.78 is 5.12. The Labute approximate surface area is 126 Å². The second-order valence-electron chi connectivity index (χ2n) is 5.74. The van der Waals surface area contributed by atoms with Crippen LogP contribution in [0.1, 0.15) is 44.1 Å². The third-order valence-corrected chi connectivity index (χ3v) is 4.12. The number of ether oxygens (including phenoxy) is 1. The molecule has 2 N–H and O–H groups in total. The van der Waals surface area contributed by atoms with Gasteiger partial charge in [0.1, 0.15) is 6.61 Å². The van der Waals surface area contributed by atoms with E-state index in [4.69, 9.17) is 4.74 Å². The predicted octanol–water partition coefficient (Wildman–Crippen LogP) is 3.24. The number of hydrogen-bond acceptors (Lipinski definition) is 3. The van der Waals surface area contributed by atoms with Gasteiger partial charge in [0, 0.05) is 6.54 Å². The van der Waals surface area contributed by atoms with Gasteiger partial charge in [-0.25, -0.2) is 4.79 Å². The van der Waals surface area contributed by atoms with E-state index < -0.39 is 6.09 Å². The summed E-state index contributed by atoms with van der Waals surface area (Å²) in [6.45, 7) is 0.739. The van der Waals surface area contributed by atoms with Crippen molar-refractivity contribution in [2.45, 2.75) is 51.2 Å². The third kappa shape index (κ3) is 5.76. The predicted molar refractivity (Wildman–Crippen MR) is 81.8 cm³/mol. The second-order valence-corrected chi connectivity index (χ2v) is 5.74. The minimum atomic E-state index is -0.422. The Hall–Kier alpha value is -1.55. The number of hydrogen-bond donors (Lipinski definition) is 2. The first-order valence-corrected chi connectivity index (χ1v) is 7.88. The Balaban J connectivity index is 1.58. The van der Waals surface area contributed by atoms with Gasteiger partial charge in [-0.3, -0.25) is 0 Å². The minimum Gasteiger partial charge on any atom is -0.445 e. The Morgan fingerprint density at radius 1 is 1.24 bits per heavy atom. The third-order valence-electron chi connectivity index (χ3n) is 4.12. The van der Waals surface area contributed by atoms with E-state index in [2.05, 4.69) is 5.32 Å². The molecule has 21 heavy (non-hydrogen) atoms. The molecule has 0 bridgehead atoms. The first kappa shape index (κ1) is 15.8. The van der Waals surface area contributed by atoms with Crippen LogP contribution in [0.15, 0.2) is 30.3 Å². The molecule has 0 aromatic heterocycles. The molecule has 0 radical (unpaired) electrons. The van der Waals surface area contributed by atoms with E-state index in [9.17, 15) is 9.90 Å². The molecule has 116 valence electrons. The number of nitrogens with one attached hydrogen (secondary N) is 1. The zero-order chi connectivity index (χ0) is 14.9. The van der Waals surface area contributed by atoms with Crippen molar-refractivity contribution in [2.24, 2.45) is 5.92 Å². The minimum absolute atomic E-state index is 0.276. The largest absolute Gasteiger partial charge is 0.445 e. The fourth-order valence-electron chi connectivity index (χ4n) is 2.85. The molecule has 1 amide bonds. The quantitative estimate of drug-likeness (QED) is 0.846. The lowest BCUT2D eigenvalue weighted by atomic mass is 9.84. The van der Waals surface area contributed by atoms with Gasteiger partial charge in [-0.2, -0.15) is 0 Å². The molecule has 1 aliphatic carbocycles. The van der Waals surface area contributed by atoms with Crippen LogP contribution in [0.5, 0.6) is 0 Å². The van der Waals surface area contributed by atoms with Crippen molar-refractivity contribution in [3.05, 3.63) is 35.9 Å². The highest BCUT2D eigenvalue weighted by Crippen LogP contribution is 2.27. The van der Waals surface area contributed by atoms with Gasteiger partial charge in [-0.05, 0) is 30.7 Å². The first-order chi connectivity index (χ1) is 10.3.